The molecule has 2 aromatic carbocycles. The van der Waals surface area contributed by atoms with Crippen LogP contribution in [-0.4, -0.2) is 41.8 Å². The Kier molecular flexibility index (Phi) is 8.57. The van der Waals surface area contributed by atoms with Crippen LogP contribution in [0.4, 0.5) is 4.39 Å². The molecule has 0 saturated carbocycles. The van der Waals surface area contributed by atoms with Crippen LogP contribution in [0.15, 0.2) is 36.4 Å². The van der Waals surface area contributed by atoms with E-state index in [9.17, 15) is 4.39 Å². The summed E-state index contributed by atoms with van der Waals surface area (Å²) in [6.45, 7) is 4.49. The van der Waals surface area contributed by atoms with Crippen molar-refractivity contribution in [3.05, 3.63) is 58.4 Å². The van der Waals surface area contributed by atoms with Crippen LogP contribution in [-0.2, 0) is 11.2 Å². The fourth-order valence-corrected chi connectivity index (χ4v) is 3.69. The zero-order valence-electron chi connectivity index (χ0n) is 16.0. The summed E-state index contributed by atoms with van der Waals surface area (Å²) in [5.74, 6) is 7.11. The van der Waals surface area contributed by atoms with Gasteiger partial charge in [-0.1, -0.05) is 46.0 Å². The van der Waals surface area contributed by atoms with Gasteiger partial charge in [0, 0.05) is 38.0 Å². The van der Waals surface area contributed by atoms with E-state index in [2.05, 4.69) is 39.3 Å². The molecule has 0 aromatic heterocycles. The first-order chi connectivity index (χ1) is 14.0. The normalized spacial score (nSPS) is 15.4. The number of nitrogens with zero attached hydrogens (tertiary/aromatic N) is 1. The van der Waals surface area contributed by atoms with E-state index in [1.165, 1.54) is 18.2 Å². The molecule has 3 rings (SSSR count). The zero-order valence-corrected chi connectivity index (χ0v) is 18.9. The Morgan fingerprint density at radius 3 is 2.69 bits per heavy atom. The summed E-state index contributed by atoms with van der Waals surface area (Å²) in [5.41, 5.74) is 7.85. The highest BCUT2D eigenvalue weighted by Gasteiger charge is 2.12. The van der Waals surface area contributed by atoms with Gasteiger partial charge in [0.25, 0.3) is 0 Å². The molecule has 1 saturated heterocycles. The highest BCUT2D eigenvalue weighted by Crippen LogP contribution is 2.33. The molecule has 1 fully saturated rings. The van der Waals surface area contributed by atoms with E-state index in [0.29, 0.717) is 17.9 Å². The van der Waals surface area contributed by atoms with Crippen molar-refractivity contribution in [3.63, 3.8) is 0 Å². The molecule has 0 bridgehead atoms. The first-order valence-electron chi connectivity index (χ1n) is 9.46. The van der Waals surface area contributed by atoms with E-state index in [1.54, 1.807) is 0 Å². The number of halogens is 3. The smallest absolute Gasteiger partial charge is 0.146 e. The molecule has 1 atom stereocenters. The summed E-state index contributed by atoms with van der Waals surface area (Å²) < 4.78 is 24.5. The molecule has 0 aliphatic carbocycles. The molecule has 29 heavy (non-hydrogen) atoms. The van der Waals surface area contributed by atoms with Crippen molar-refractivity contribution in [2.75, 3.05) is 32.8 Å². The Bertz CT molecular complexity index is 892. The predicted molar refractivity (Wildman–Crippen MR) is 122 cm³/mol. The molecule has 1 aliphatic heterocycles. The van der Waals surface area contributed by atoms with Crippen molar-refractivity contribution in [1.29, 1.82) is 0 Å². The molecule has 154 valence electrons. The first-order valence-corrected chi connectivity index (χ1v) is 11.1. The molecule has 0 radical (unpaired) electrons. The van der Waals surface area contributed by atoms with Gasteiger partial charge in [0.2, 0.25) is 0 Å². The SMILES string of the molecule is NC(I)Cc1cc(C#CCCN2CCOCC2)ccc1Oc1ccc(F)cc1Cl. The van der Waals surface area contributed by atoms with E-state index in [1.807, 2.05) is 18.2 Å². The van der Waals surface area contributed by atoms with Gasteiger partial charge in [0.05, 0.1) is 22.3 Å². The van der Waals surface area contributed by atoms with Crippen molar-refractivity contribution in [1.82, 2.24) is 4.90 Å². The number of rotatable bonds is 6. The molecule has 1 unspecified atom stereocenters. The topological polar surface area (TPSA) is 47.7 Å². The lowest BCUT2D eigenvalue weighted by molar-refractivity contribution is 0.0390. The van der Waals surface area contributed by atoms with Crippen LogP contribution in [0.2, 0.25) is 5.02 Å². The van der Waals surface area contributed by atoms with Gasteiger partial charge in [-0.2, -0.15) is 0 Å². The molecular formula is C22H23ClFIN2O2. The van der Waals surface area contributed by atoms with Gasteiger partial charge in [-0.25, -0.2) is 4.39 Å². The van der Waals surface area contributed by atoms with E-state index < -0.39 is 5.82 Å². The maximum atomic E-state index is 13.3. The average Bonchev–Trinajstić information content (AvgIpc) is 2.69. The minimum absolute atomic E-state index is 0.0665. The Labute approximate surface area is 189 Å². The van der Waals surface area contributed by atoms with Gasteiger partial charge in [-0.15, -0.1) is 0 Å². The van der Waals surface area contributed by atoms with Crippen LogP contribution >= 0.6 is 34.2 Å². The molecule has 7 heteroatoms. The Morgan fingerprint density at radius 2 is 1.97 bits per heavy atom. The summed E-state index contributed by atoms with van der Waals surface area (Å²) in [7, 11) is 0. The quantitative estimate of drug-likeness (QED) is 0.258. The highest BCUT2D eigenvalue weighted by molar-refractivity contribution is 14.1. The summed E-state index contributed by atoms with van der Waals surface area (Å²) >= 11 is 8.26. The lowest BCUT2D eigenvalue weighted by Crippen LogP contribution is -2.36. The summed E-state index contributed by atoms with van der Waals surface area (Å²) in [6.07, 6.45) is 1.43. The molecule has 2 N–H and O–H groups in total. The standard InChI is InChI=1S/C22H23ClFIN2O2/c23-19-15-18(24)5-7-21(19)29-20-6-4-16(13-17(20)14-22(25)26)3-1-2-8-27-9-11-28-12-10-27/h4-7,13,15,22H,2,8-12,14,26H2. The minimum atomic E-state index is -0.403. The summed E-state index contributed by atoms with van der Waals surface area (Å²) in [5, 5.41) is 0.224. The Hall–Kier alpha value is -1.37. The van der Waals surface area contributed by atoms with Gasteiger partial charge in [-0.05, 0) is 42.0 Å². The third kappa shape index (κ3) is 7.12. The predicted octanol–water partition coefficient (Wildman–Crippen LogP) is 4.61. The van der Waals surface area contributed by atoms with Gasteiger partial charge in [0.1, 0.15) is 17.3 Å². The van der Waals surface area contributed by atoms with Crippen molar-refractivity contribution in [2.45, 2.75) is 16.9 Å². The molecule has 4 nitrogen and oxygen atoms in total. The molecule has 0 spiro atoms. The second-order valence-electron chi connectivity index (χ2n) is 6.73. The van der Waals surface area contributed by atoms with Crippen molar-refractivity contribution < 1.29 is 13.9 Å². The van der Waals surface area contributed by atoms with Crippen molar-refractivity contribution in [3.8, 4) is 23.3 Å². The molecule has 0 amide bonds. The van der Waals surface area contributed by atoms with Crippen LogP contribution in [0.5, 0.6) is 11.5 Å². The maximum absolute atomic E-state index is 13.3. The molecular weight excluding hydrogens is 506 g/mol. The zero-order chi connectivity index (χ0) is 20.6. The fraction of sp³-hybridized carbons (Fsp3) is 0.364. The third-order valence-corrected chi connectivity index (χ3v) is 5.21. The number of nitrogens with two attached hydrogens (primary N) is 1. The second-order valence-corrected chi connectivity index (χ2v) is 8.73. The van der Waals surface area contributed by atoms with E-state index in [0.717, 1.165) is 50.4 Å². The van der Waals surface area contributed by atoms with Gasteiger partial charge >= 0.3 is 0 Å². The number of ether oxygens (including phenoxy) is 2. The number of benzene rings is 2. The largest absolute Gasteiger partial charge is 0.456 e. The van der Waals surface area contributed by atoms with Crippen LogP contribution in [0.25, 0.3) is 0 Å². The summed E-state index contributed by atoms with van der Waals surface area (Å²) in [6, 6.07) is 9.84. The van der Waals surface area contributed by atoms with Gasteiger partial charge in [-0.3, -0.25) is 4.90 Å². The maximum Gasteiger partial charge on any atom is 0.146 e. The first kappa shape index (κ1) is 22.3. The van der Waals surface area contributed by atoms with Crippen LogP contribution in [0, 0.1) is 17.7 Å². The number of morpholine rings is 1. The molecule has 1 heterocycles. The molecule has 2 aromatic rings. The highest BCUT2D eigenvalue weighted by atomic mass is 127. The second kappa shape index (κ2) is 11.1. The lowest BCUT2D eigenvalue weighted by atomic mass is 10.1. The minimum Gasteiger partial charge on any atom is -0.456 e. The average molecular weight is 529 g/mol. The van der Waals surface area contributed by atoms with E-state index in [4.69, 9.17) is 26.8 Å². The van der Waals surface area contributed by atoms with Gasteiger partial charge < -0.3 is 15.2 Å². The summed E-state index contributed by atoms with van der Waals surface area (Å²) in [4.78, 5) is 2.36. The van der Waals surface area contributed by atoms with E-state index >= 15 is 0 Å². The number of alkyl halides is 1. The van der Waals surface area contributed by atoms with Crippen LogP contribution in [0.1, 0.15) is 17.5 Å². The van der Waals surface area contributed by atoms with Gasteiger partial charge in [0.15, 0.2) is 0 Å². The Morgan fingerprint density at radius 1 is 1.21 bits per heavy atom. The van der Waals surface area contributed by atoms with Crippen molar-refractivity contribution >= 4 is 34.2 Å². The monoisotopic (exact) mass is 528 g/mol. The molecule has 1 aliphatic rings. The third-order valence-electron chi connectivity index (χ3n) is 4.48. The Balaban J connectivity index is 1.71. The van der Waals surface area contributed by atoms with Crippen LogP contribution in [0.3, 0.4) is 0 Å². The number of hydrogen-bond acceptors (Lipinski definition) is 4. The van der Waals surface area contributed by atoms with Crippen LogP contribution < -0.4 is 10.5 Å². The number of hydrogen-bond donors (Lipinski definition) is 1. The fourth-order valence-electron chi connectivity index (χ4n) is 3.01. The van der Waals surface area contributed by atoms with Crippen molar-refractivity contribution in [2.24, 2.45) is 5.73 Å². The lowest BCUT2D eigenvalue weighted by Gasteiger charge is -2.25. The van der Waals surface area contributed by atoms with E-state index in [-0.39, 0.29) is 9.07 Å².